The van der Waals surface area contributed by atoms with Crippen LogP contribution in [0.25, 0.3) is 0 Å². The number of nitrogens with one attached hydrogen (secondary N) is 2. The topological polar surface area (TPSA) is 59.6 Å². The predicted molar refractivity (Wildman–Crippen MR) is 120 cm³/mol. The summed E-state index contributed by atoms with van der Waals surface area (Å²) in [4.78, 5) is 12.3. The maximum Gasteiger partial charge on any atom is 0.243 e. The Morgan fingerprint density at radius 1 is 0.931 bits per heavy atom. The Labute approximate surface area is 174 Å². The van der Waals surface area contributed by atoms with Crippen LogP contribution < -0.4 is 20.1 Å². The van der Waals surface area contributed by atoms with Gasteiger partial charge in [0, 0.05) is 23.5 Å². The number of carbonyl (C=O) groups excluding carboxylic acids is 1. The van der Waals surface area contributed by atoms with Gasteiger partial charge in [0.05, 0.1) is 19.3 Å². The highest BCUT2D eigenvalue weighted by Crippen LogP contribution is 2.19. The number of hydrogen-bond acceptors (Lipinski definition) is 4. The summed E-state index contributed by atoms with van der Waals surface area (Å²) in [6.07, 6.45) is 6.17. The van der Waals surface area contributed by atoms with E-state index in [1.54, 1.807) is 0 Å². The molecule has 2 rings (SSSR count). The lowest BCUT2D eigenvalue weighted by Crippen LogP contribution is -2.21. The van der Waals surface area contributed by atoms with Crippen LogP contribution in [0.15, 0.2) is 48.5 Å². The quantitative estimate of drug-likeness (QED) is 0.414. The van der Waals surface area contributed by atoms with E-state index in [1.165, 1.54) is 25.7 Å². The summed E-state index contributed by atoms with van der Waals surface area (Å²) in [7, 11) is 0. The fourth-order valence-corrected chi connectivity index (χ4v) is 2.90. The highest BCUT2D eigenvalue weighted by Gasteiger charge is 2.05. The van der Waals surface area contributed by atoms with Gasteiger partial charge in [-0.05, 0) is 44.5 Å². The van der Waals surface area contributed by atoms with E-state index in [2.05, 4.69) is 17.6 Å². The predicted octanol–water partition coefficient (Wildman–Crippen LogP) is 5.87. The molecule has 2 aromatic rings. The van der Waals surface area contributed by atoms with Gasteiger partial charge >= 0.3 is 0 Å². The third kappa shape index (κ3) is 9.37. The second kappa shape index (κ2) is 12.7. The van der Waals surface area contributed by atoms with Crippen LogP contribution in [0.1, 0.15) is 52.9 Å². The molecule has 0 aliphatic carbocycles. The molecule has 0 saturated heterocycles. The molecule has 0 aliphatic rings. The highest BCUT2D eigenvalue weighted by molar-refractivity contribution is 5.93. The molecule has 0 bridgehead atoms. The molecule has 2 aromatic carbocycles. The van der Waals surface area contributed by atoms with Crippen LogP contribution >= 0.6 is 0 Å². The molecule has 2 N–H and O–H groups in total. The van der Waals surface area contributed by atoms with Crippen molar-refractivity contribution < 1.29 is 14.3 Å². The van der Waals surface area contributed by atoms with Gasteiger partial charge in [-0.3, -0.25) is 4.79 Å². The number of ether oxygens (including phenoxy) is 2. The van der Waals surface area contributed by atoms with Crippen molar-refractivity contribution in [2.75, 3.05) is 23.8 Å². The Bertz CT molecular complexity index is 746. The molecule has 0 heterocycles. The van der Waals surface area contributed by atoms with Crippen molar-refractivity contribution in [1.82, 2.24) is 0 Å². The Hall–Kier alpha value is -2.69. The van der Waals surface area contributed by atoms with E-state index in [1.807, 2.05) is 62.4 Å². The fraction of sp³-hybridized carbons (Fsp3) is 0.458. The molecule has 0 aliphatic heterocycles. The van der Waals surface area contributed by atoms with Crippen molar-refractivity contribution in [3.63, 3.8) is 0 Å². The first-order valence-electron chi connectivity index (χ1n) is 10.6. The molecule has 0 radical (unpaired) electrons. The van der Waals surface area contributed by atoms with Gasteiger partial charge in [0.2, 0.25) is 5.91 Å². The maximum absolute atomic E-state index is 12.3. The van der Waals surface area contributed by atoms with E-state index in [0.717, 1.165) is 35.9 Å². The normalized spacial score (nSPS) is 10.6. The summed E-state index contributed by atoms with van der Waals surface area (Å²) in [5, 5.41) is 6.03. The van der Waals surface area contributed by atoms with E-state index in [9.17, 15) is 4.79 Å². The van der Waals surface area contributed by atoms with Gasteiger partial charge in [-0.2, -0.15) is 0 Å². The summed E-state index contributed by atoms with van der Waals surface area (Å²) < 4.78 is 11.5. The van der Waals surface area contributed by atoms with Gasteiger partial charge in [-0.1, -0.05) is 44.7 Å². The zero-order valence-electron chi connectivity index (χ0n) is 17.9. The molecule has 1 amide bonds. The van der Waals surface area contributed by atoms with Crippen LogP contribution in [0.2, 0.25) is 0 Å². The first kappa shape index (κ1) is 22.6. The number of unbranched alkanes of at least 4 members (excludes halogenated alkanes) is 4. The highest BCUT2D eigenvalue weighted by atomic mass is 16.5. The van der Waals surface area contributed by atoms with Gasteiger partial charge in [0.1, 0.15) is 11.5 Å². The van der Waals surface area contributed by atoms with Crippen LogP contribution in [0, 0.1) is 0 Å². The minimum atomic E-state index is -0.117. The molecule has 0 atom stereocenters. The van der Waals surface area contributed by atoms with Crippen LogP contribution in [0.4, 0.5) is 11.4 Å². The number of anilines is 2. The lowest BCUT2D eigenvalue weighted by Gasteiger charge is -2.12. The number of benzene rings is 2. The van der Waals surface area contributed by atoms with Crippen molar-refractivity contribution >= 4 is 17.3 Å². The van der Waals surface area contributed by atoms with Gasteiger partial charge in [0.15, 0.2) is 0 Å². The Kier molecular flexibility index (Phi) is 9.90. The van der Waals surface area contributed by atoms with E-state index in [4.69, 9.17) is 9.47 Å². The van der Waals surface area contributed by atoms with Crippen molar-refractivity contribution in [1.29, 1.82) is 0 Å². The SMILES string of the molecule is CCCCCCCOc1cccc(NCC(=O)Nc2cccc(OC(C)C)c2)c1. The minimum absolute atomic E-state index is 0.0912. The van der Waals surface area contributed by atoms with Crippen molar-refractivity contribution in [3.05, 3.63) is 48.5 Å². The molecule has 0 aromatic heterocycles. The number of carbonyl (C=O) groups is 1. The lowest BCUT2D eigenvalue weighted by atomic mass is 10.2. The third-order valence-corrected chi connectivity index (χ3v) is 4.29. The summed E-state index contributed by atoms with van der Waals surface area (Å²) in [6.45, 7) is 7.06. The molecule has 0 saturated carbocycles. The second-order valence-electron chi connectivity index (χ2n) is 7.39. The smallest absolute Gasteiger partial charge is 0.243 e. The van der Waals surface area contributed by atoms with Crippen molar-refractivity contribution in [2.24, 2.45) is 0 Å². The van der Waals surface area contributed by atoms with Gasteiger partial charge in [-0.25, -0.2) is 0 Å². The molecular weight excluding hydrogens is 364 g/mol. The molecule has 5 nitrogen and oxygen atoms in total. The standard InChI is InChI=1S/C24H34N2O3/c1-4-5-6-7-8-15-28-22-13-9-11-20(16-22)25-18-24(27)26-21-12-10-14-23(17-21)29-19(2)3/h9-14,16-17,19,25H,4-8,15,18H2,1-3H3,(H,26,27). The Morgan fingerprint density at radius 3 is 2.38 bits per heavy atom. The summed E-state index contributed by atoms with van der Waals surface area (Å²) in [6, 6.07) is 15.1. The Morgan fingerprint density at radius 2 is 1.62 bits per heavy atom. The number of amides is 1. The van der Waals surface area contributed by atoms with Gasteiger partial charge < -0.3 is 20.1 Å². The van der Waals surface area contributed by atoms with Gasteiger partial charge in [-0.15, -0.1) is 0 Å². The molecule has 5 heteroatoms. The molecule has 0 spiro atoms. The average Bonchev–Trinajstić information content (AvgIpc) is 2.69. The zero-order chi connectivity index (χ0) is 20.9. The van der Waals surface area contributed by atoms with E-state index in [0.29, 0.717) is 0 Å². The van der Waals surface area contributed by atoms with E-state index >= 15 is 0 Å². The largest absolute Gasteiger partial charge is 0.494 e. The Balaban J connectivity index is 1.75. The number of rotatable bonds is 13. The number of hydrogen-bond donors (Lipinski definition) is 2. The average molecular weight is 399 g/mol. The van der Waals surface area contributed by atoms with E-state index < -0.39 is 0 Å². The van der Waals surface area contributed by atoms with Crippen molar-refractivity contribution in [2.45, 2.75) is 59.0 Å². The van der Waals surface area contributed by atoms with Crippen LogP contribution in [-0.4, -0.2) is 25.2 Å². The second-order valence-corrected chi connectivity index (χ2v) is 7.39. The first-order chi connectivity index (χ1) is 14.1. The van der Waals surface area contributed by atoms with E-state index in [-0.39, 0.29) is 18.6 Å². The molecule has 29 heavy (non-hydrogen) atoms. The first-order valence-corrected chi connectivity index (χ1v) is 10.6. The van der Waals surface area contributed by atoms with Crippen molar-refractivity contribution in [3.8, 4) is 11.5 Å². The lowest BCUT2D eigenvalue weighted by molar-refractivity contribution is -0.114. The molecule has 158 valence electrons. The molecule has 0 fully saturated rings. The third-order valence-electron chi connectivity index (χ3n) is 4.29. The zero-order valence-corrected chi connectivity index (χ0v) is 17.9. The minimum Gasteiger partial charge on any atom is -0.494 e. The monoisotopic (exact) mass is 398 g/mol. The van der Waals surface area contributed by atoms with Gasteiger partial charge in [0.25, 0.3) is 0 Å². The van der Waals surface area contributed by atoms with Crippen LogP contribution in [0.3, 0.4) is 0 Å². The van der Waals surface area contributed by atoms with Crippen LogP contribution in [0.5, 0.6) is 11.5 Å². The summed E-state index contributed by atoms with van der Waals surface area (Å²) >= 11 is 0. The fourth-order valence-electron chi connectivity index (χ4n) is 2.90. The van der Waals surface area contributed by atoms with Crippen LogP contribution in [-0.2, 0) is 4.79 Å². The summed E-state index contributed by atoms with van der Waals surface area (Å²) in [5.74, 6) is 1.45. The summed E-state index contributed by atoms with van der Waals surface area (Å²) in [5.41, 5.74) is 1.58. The molecular formula is C24H34N2O3. The molecule has 0 unspecified atom stereocenters. The maximum atomic E-state index is 12.3.